The van der Waals surface area contributed by atoms with Crippen molar-refractivity contribution in [2.45, 2.75) is 38.0 Å². The lowest BCUT2D eigenvalue weighted by molar-refractivity contribution is 0.177. The summed E-state index contributed by atoms with van der Waals surface area (Å²) in [6.45, 7) is 1.08. The van der Waals surface area contributed by atoms with Crippen LogP contribution >= 0.6 is 24.8 Å². The lowest BCUT2D eigenvalue weighted by Crippen LogP contribution is -2.35. The van der Waals surface area contributed by atoms with Gasteiger partial charge in [0.15, 0.2) is 5.82 Å². The van der Waals surface area contributed by atoms with Crippen molar-refractivity contribution < 1.29 is 9.37 Å². The number of anilines is 1. The zero-order chi connectivity index (χ0) is 18.1. The Labute approximate surface area is 175 Å². The van der Waals surface area contributed by atoms with Gasteiger partial charge in [-0.15, -0.1) is 24.8 Å². The summed E-state index contributed by atoms with van der Waals surface area (Å²) in [6, 6.07) is 8.25. The molecule has 0 aliphatic heterocycles. The molecule has 2 N–H and O–H groups in total. The van der Waals surface area contributed by atoms with Crippen LogP contribution in [0.4, 0.5) is 5.82 Å². The van der Waals surface area contributed by atoms with Crippen molar-refractivity contribution in [3.63, 3.8) is 0 Å². The van der Waals surface area contributed by atoms with E-state index in [0.717, 1.165) is 41.0 Å². The van der Waals surface area contributed by atoms with Gasteiger partial charge in [-0.1, -0.05) is 6.07 Å². The molecule has 2 aromatic heterocycles. The standard InChI is InChI=1S/C18H22N6O2.2ClH/c1-24(9-11-3-4-14-16(5-11)23-26-22-14)18-8-15(12-6-13(19)7-12)20-17(21-18)10-25-2;;/h3-5,8,12-13H,6-7,9-10,19H2,1-2H3;2*1H. The number of methoxy groups -OCH3 is 1. The summed E-state index contributed by atoms with van der Waals surface area (Å²) in [5, 5.41) is 7.74. The molecular weight excluding hydrogens is 403 g/mol. The molecule has 1 fully saturated rings. The average molecular weight is 427 g/mol. The fourth-order valence-electron chi connectivity index (χ4n) is 3.29. The van der Waals surface area contributed by atoms with Gasteiger partial charge in [-0.05, 0) is 40.9 Å². The number of hydrogen-bond donors (Lipinski definition) is 1. The number of nitrogens with two attached hydrogens (primary N) is 1. The minimum atomic E-state index is 0. The normalized spacial score (nSPS) is 18.1. The van der Waals surface area contributed by atoms with Crippen molar-refractivity contribution in [3.8, 4) is 0 Å². The van der Waals surface area contributed by atoms with Crippen LogP contribution in [-0.4, -0.2) is 40.5 Å². The van der Waals surface area contributed by atoms with Gasteiger partial charge >= 0.3 is 0 Å². The number of halogens is 2. The molecule has 152 valence electrons. The molecule has 2 heterocycles. The van der Waals surface area contributed by atoms with E-state index in [2.05, 4.69) is 31.2 Å². The first-order valence-corrected chi connectivity index (χ1v) is 8.67. The molecule has 1 aliphatic carbocycles. The van der Waals surface area contributed by atoms with Crippen molar-refractivity contribution in [2.75, 3.05) is 19.1 Å². The number of nitrogens with zero attached hydrogens (tertiary/aromatic N) is 5. The summed E-state index contributed by atoms with van der Waals surface area (Å²) in [4.78, 5) is 11.4. The predicted octanol–water partition coefficient (Wildman–Crippen LogP) is 2.84. The summed E-state index contributed by atoms with van der Waals surface area (Å²) >= 11 is 0. The highest BCUT2D eigenvalue weighted by Crippen LogP contribution is 2.35. The molecule has 0 saturated heterocycles. The second-order valence-electron chi connectivity index (χ2n) is 6.87. The molecule has 0 atom stereocenters. The molecule has 0 unspecified atom stereocenters. The van der Waals surface area contributed by atoms with E-state index in [-0.39, 0.29) is 30.9 Å². The van der Waals surface area contributed by atoms with Crippen LogP contribution in [0.5, 0.6) is 0 Å². The Kier molecular flexibility index (Phi) is 7.54. The molecule has 1 aliphatic rings. The van der Waals surface area contributed by atoms with Crippen LogP contribution in [0.2, 0.25) is 0 Å². The van der Waals surface area contributed by atoms with Crippen LogP contribution in [0.1, 0.15) is 35.8 Å². The smallest absolute Gasteiger partial charge is 0.156 e. The molecular formula is C18H24Cl2N6O2. The monoisotopic (exact) mass is 426 g/mol. The van der Waals surface area contributed by atoms with Gasteiger partial charge in [0, 0.05) is 44.4 Å². The fourth-order valence-corrected chi connectivity index (χ4v) is 3.29. The van der Waals surface area contributed by atoms with Crippen LogP contribution in [0, 0.1) is 0 Å². The van der Waals surface area contributed by atoms with Gasteiger partial charge in [0.25, 0.3) is 0 Å². The first kappa shape index (κ1) is 22.3. The molecule has 0 radical (unpaired) electrons. The van der Waals surface area contributed by atoms with Gasteiger partial charge in [-0.2, -0.15) is 0 Å². The molecule has 3 aromatic rings. The summed E-state index contributed by atoms with van der Waals surface area (Å²) in [5.41, 5.74) is 9.60. The number of aromatic nitrogens is 4. The van der Waals surface area contributed by atoms with Crippen LogP contribution in [0.3, 0.4) is 0 Å². The van der Waals surface area contributed by atoms with Crippen LogP contribution < -0.4 is 10.6 Å². The van der Waals surface area contributed by atoms with Gasteiger partial charge in [-0.25, -0.2) is 14.6 Å². The van der Waals surface area contributed by atoms with Crippen molar-refractivity contribution >= 4 is 41.7 Å². The zero-order valence-electron chi connectivity index (χ0n) is 15.7. The Bertz CT molecular complexity index is 916. The lowest BCUT2D eigenvalue weighted by Gasteiger charge is -2.32. The van der Waals surface area contributed by atoms with E-state index in [1.54, 1.807) is 7.11 Å². The van der Waals surface area contributed by atoms with Crippen molar-refractivity contribution in [1.29, 1.82) is 0 Å². The maximum Gasteiger partial charge on any atom is 0.156 e. The fraction of sp³-hybridized carbons (Fsp3) is 0.444. The Balaban J connectivity index is 0.00000140. The number of hydrogen-bond acceptors (Lipinski definition) is 8. The van der Waals surface area contributed by atoms with Gasteiger partial charge in [0.1, 0.15) is 23.5 Å². The maximum absolute atomic E-state index is 5.94. The molecule has 0 bridgehead atoms. The highest BCUT2D eigenvalue weighted by molar-refractivity contribution is 5.85. The van der Waals surface area contributed by atoms with Crippen molar-refractivity contribution in [1.82, 2.24) is 20.3 Å². The third-order valence-electron chi connectivity index (χ3n) is 4.77. The van der Waals surface area contributed by atoms with E-state index in [9.17, 15) is 0 Å². The molecule has 0 spiro atoms. The molecule has 1 aromatic carbocycles. The highest BCUT2D eigenvalue weighted by atomic mass is 35.5. The van der Waals surface area contributed by atoms with Crippen molar-refractivity contribution in [3.05, 3.63) is 41.3 Å². The molecule has 0 amide bonds. The van der Waals surface area contributed by atoms with E-state index in [4.69, 9.17) is 15.1 Å². The van der Waals surface area contributed by atoms with E-state index < -0.39 is 0 Å². The van der Waals surface area contributed by atoms with E-state index in [0.29, 0.717) is 24.9 Å². The topological polar surface area (TPSA) is 103 Å². The number of benzene rings is 1. The largest absolute Gasteiger partial charge is 0.377 e. The second-order valence-corrected chi connectivity index (χ2v) is 6.87. The summed E-state index contributed by atoms with van der Waals surface area (Å²) in [7, 11) is 3.67. The molecule has 4 rings (SSSR count). The van der Waals surface area contributed by atoms with Gasteiger partial charge < -0.3 is 15.4 Å². The predicted molar refractivity (Wildman–Crippen MR) is 111 cm³/mol. The summed E-state index contributed by atoms with van der Waals surface area (Å²) in [5.74, 6) is 1.98. The second kappa shape index (κ2) is 9.47. The SMILES string of the molecule is COCc1nc(C2CC(N)C2)cc(N(C)Cc2ccc3nonc3c2)n1.Cl.Cl. The quantitative estimate of drug-likeness (QED) is 0.641. The molecule has 8 nitrogen and oxygen atoms in total. The van der Waals surface area contributed by atoms with E-state index >= 15 is 0 Å². The third-order valence-corrected chi connectivity index (χ3v) is 4.77. The number of rotatable bonds is 6. The lowest BCUT2D eigenvalue weighted by atomic mass is 9.78. The zero-order valence-corrected chi connectivity index (χ0v) is 17.4. The summed E-state index contributed by atoms with van der Waals surface area (Å²) < 4.78 is 10.00. The van der Waals surface area contributed by atoms with Crippen LogP contribution in [0.15, 0.2) is 28.9 Å². The first-order chi connectivity index (χ1) is 12.6. The molecule has 1 saturated carbocycles. The maximum atomic E-state index is 5.94. The van der Waals surface area contributed by atoms with E-state index in [1.807, 2.05) is 25.2 Å². The Morgan fingerprint density at radius 1 is 1.14 bits per heavy atom. The highest BCUT2D eigenvalue weighted by Gasteiger charge is 2.29. The number of fused-ring (bicyclic) bond motifs is 1. The first-order valence-electron chi connectivity index (χ1n) is 8.67. The van der Waals surface area contributed by atoms with Gasteiger partial charge in [0.2, 0.25) is 0 Å². The number of ether oxygens (including phenoxy) is 1. The van der Waals surface area contributed by atoms with Crippen LogP contribution in [0.25, 0.3) is 11.0 Å². The third kappa shape index (κ3) is 4.70. The summed E-state index contributed by atoms with van der Waals surface area (Å²) in [6.07, 6.45) is 1.95. The minimum Gasteiger partial charge on any atom is -0.377 e. The van der Waals surface area contributed by atoms with Crippen molar-refractivity contribution in [2.24, 2.45) is 5.73 Å². The molecule has 28 heavy (non-hydrogen) atoms. The molecule has 10 heteroatoms. The van der Waals surface area contributed by atoms with Crippen LogP contribution in [-0.2, 0) is 17.9 Å². The Morgan fingerprint density at radius 3 is 2.61 bits per heavy atom. The Morgan fingerprint density at radius 2 is 1.89 bits per heavy atom. The average Bonchev–Trinajstić information content (AvgIpc) is 3.06. The Hall–Kier alpha value is -2.00. The van der Waals surface area contributed by atoms with Gasteiger partial charge in [-0.3, -0.25) is 0 Å². The van der Waals surface area contributed by atoms with Gasteiger partial charge in [0.05, 0.1) is 0 Å². The van der Waals surface area contributed by atoms with E-state index in [1.165, 1.54) is 0 Å². The minimum absolute atomic E-state index is 0.